The molecule has 2 aliphatic rings. The molecule has 0 spiro atoms. The van der Waals surface area contributed by atoms with Gasteiger partial charge in [-0.05, 0) is 30.5 Å². The molecule has 5 heteroatoms. The number of hydrogen-bond donors (Lipinski definition) is 1. The van der Waals surface area contributed by atoms with Crippen molar-refractivity contribution in [1.29, 1.82) is 0 Å². The summed E-state index contributed by atoms with van der Waals surface area (Å²) in [7, 11) is 0. The first-order chi connectivity index (χ1) is 13.7. The molecule has 2 aromatic carbocycles. The van der Waals surface area contributed by atoms with E-state index in [2.05, 4.69) is 29.2 Å². The normalized spacial score (nSPS) is 19.8. The topological polar surface area (TPSA) is 53.0 Å². The van der Waals surface area contributed by atoms with Crippen molar-refractivity contribution in [2.24, 2.45) is 5.41 Å². The number of amides is 1. The Bertz CT molecular complexity index is 769. The SMILES string of the molecule is O=C(N1CCN(C(COc2ccccc2)c2ccccc2)CC1)C1(CO)CC1. The Morgan fingerprint density at radius 3 is 2.14 bits per heavy atom. The molecular weight excluding hydrogens is 352 g/mol. The fourth-order valence-electron chi connectivity index (χ4n) is 3.94. The van der Waals surface area contributed by atoms with Crippen LogP contribution in [0.3, 0.4) is 0 Å². The number of rotatable bonds is 7. The van der Waals surface area contributed by atoms with E-state index < -0.39 is 5.41 Å². The van der Waals surface area contributed by atoms with E-state index >= 15 is 0 Å². The molecule has 1 N–H and O–H groups in total. The molecule has 1 aliphatic heterocycles. The molecular formula is C23H28N2O3. The van der Waals surface area contributed by atoms with Crippen molar-refractivity contribution in [3.63, 3.8) is 0 Å². The Balaban J connectivity index is 1.42. The molecule has 1 amide bonds. The maximum atomic E-state index is 12.7. The van der Waals surface area contributed by atoms with E-state index in [1.54, 1.807) is 0 Å². The van der Waals surface area contributed by atoms with Crippen LogP contribution in [-0.4, -0.2) is 60.2 Å². The summed E-state index contributed by atoms with van der Waals surface area (Å²) in [5.74, 6) is 1.00. The molecule has 1 atom stereocenters. The molecule has 0 radical (unpaired) electrons. The number of aliphatic hydroxyl groups is 1. The van der Waals surface area contributed by atoms with Crippen molar-refractivity contribution >= 4 is 5.91 Å². The summed E-state index contributed by atoms with van der Waals surface area (Å²) in [4.78, 5) is 17.0. The summed E-state index contributed by atoms with van der Waals surface area (Å²) in [6, 6.07) is 20.5. The van der Waals surface area contributed by atoms with E-state index in [4.69, 9.17) is 4.74 Å². The molecule has 1 aliphatic carbocycles. The number of carbonyl (C=O) groups excluding carboxylic acids is 1. The number of ether oxygens (including phenoxy) is 1. The van der Waals surface area contributed by atoms with Crippen LogP contribution in [0.4, 0.5) is 0 Å². The standard InChI is InChI=1S/C23H28N2O3/c26-18-23(11-12-23)22(27)25-15-13-24(14-16-25)21(19-7-3-1-4-8-19)17-28-20-9-5-2-6-10-20/h1-10,21,26H,11-18H2. The fraction of sp³-hybridized carbons (Fsp3) is 0.435. The number of hydrogen-bond acceptors (Lipinski definition) is 4. The first-order valence-electron chi connectivity index (χ1n) is 10.1. The molecule has 0 bridgehead atoms. The van der Waals surface area contributed by atoms with Crippen LogP contribution < -0.4 is 4.74 Å². The lowest BCUT2D eigenvalue weighted by Gasteiger charge is -2.40. The molecule has 28 heavy (non-hydrogen) atoms. The molecule has 1 saturated heterocycles. The lowest BCUT2D eigenvalue weighted by atomic mass is 10.0. The smallest absolute Gasteiger partial charge is 0.231 e. The van der Waals surface area contributed by atoms with Gasteiger partial charge in [0.15, 0.2) is 0 Å². The van der Waals surface area contributed by atoms with Crippen LogP contribution in [-0.2, 0) is 4.79 Å². The van der Waals surface area contributed by atoms with Crippen molar-refractivity contribution < 1.29 is 14.6 Å². The van der Waals surface area contributed by atoms with Gasteiger partial charge in [0.2, 0.25) is 5.91 Å². The Hall–Kier alpha value is -2.37. The van der Waals surface area contributed by atoms with E-state index in [1.165, 1.54) is 5.56 Å². The maximum absolute atomic E-state index is 12.7. The zero-order chi connectivity index (χ0) is 19.4. The van der Waals surface area contributed by atoms with Crippen molar-refractivity contribution in [2.75, 3.05) is 39.4 Å². The highest BCUT2D eigenvalue weighted by molar-refractivity contribution is 5.85. The third-order valence-electron chi connectivity index (χ3n) is 5.99. The average Bonchev–Trinajstić information content (AvgIpc) is 3.57. The van der Waals surface area contributed by atoms with Crippen LogP contribution in [0, 0.1) is 5.41 Å². The second-order valence-corrected chi connectivity index (χ2v) is 7.82. The van der Waals surface area contributed by atoms with Gasteiger partial charge >= 0.3 is 0 Å². The zero-order valence-corrected chi connectivity index (χ0v) is 16.2. The van der Waals surface area contributed by atoms with Crippen LogP contribution >= 0.6 is 0 Å². The highest BCUT2D eigenvalue weighted by Crippen LogP contribution is 2.46. The van der Waals surface area contributed by atoms with Crippen LogP contribution in [0.5, 0.6) is 5.75 Å². The summed E-state index contributed by atoms with van der Waals surface area (Å²) < 4.78 is 6.08. The van der Waals surface area contributed by atoms with Gasteiger partial charge in [-0.25, -0.2) is 0 Å². The summed E-state index contributed by atoms with van der Waals surface area (Å²) in [6.07, 6.45) is 1.64. The maximum Gasteiger partial charge on any atom is 0.231 e. The lowest BCUT2D eigenvalue weighted by Crippen LogP contribution is -2.52. The number of piperazine rings is 1. The van der Waals surface area contributed by atoms with Gasteiger partial charge in [-0.1, -0.05) is 48.5 Å². The van der Waals surface area contributed by atoms with Crippen LogP contribution in [0.2, 0.25) is 0 Å². The van der Waals surface area contributed by atoms with Crippen molar-refractivity contribution in [3.8, 4) is 5.75 Å². The highest BCUT2D eigenvalue weighted by atomic mass is 16.5. The minimum atomic E-state index is -0.475. The molecule has 5 nitrogen and oxygen atoms in total. The van der Waals surface area contributed by atoms with Gasteiger partial charge in [-0.2, -0.15) is 0 Å². The highest BCUT2D eigenvalue weighted by Gasteiger charge is 2.51. The number of carbonyl (C=O) groups is 1. The largest absolute Gasteiger partial charge is 0.492 e. The summed E-state index contributed by atoms with van der Waals surface area (Å²) in [6.45, 7) is 3.58. The Kier molecular flexibility index (Phi) is 5.64. The third-order valence-corrected chi connectivity index (χ3v) is 5.99. The fourth-order valence-corrected chi connectivity index (χ4v) is 3.94. The molecule has 4 rings (SSSR count). The van der Waals surface area contributed by atoms with E-state index in [9.17, 15) is 9.90 Å². The second-order valence-electron chi connectivity index (χ2n) is 7.82. The molecule has 148 valence electrons. The monoisotopic (exact) mass is 380 g/mol. The second kappa shape index (κ2) is 8.33. The average molecular weight is 380 g/mol. The number of nitrogens with zero attached hydrogens (tertiary/aromatic N) is 2. The lowest BCUT2D eigenvalue weighted by molar-refractivity contribution is -0.140. The van der Waals surface area contributed by atoms with Gasteiger partial charge in [-0.15, -0.1) is 0 Å². The molecule has 1 heterocycles. The summed E-state index contributed by atoms with van der Waals surface area (Å²) in [5.41, 5.74) is 0.754. The quantitative estimate of drug-likeness (QED) is 0.803. The molecule has 1 saturated carbocycles. The Morgan fingerprint density at radius 1 is 0.964 bits per heavy atom. The van der Waals surface area contributed by atoms with Gasteiger partial charge in [-0.3, -0.25) is 9.69 Å². The zero-order valence-electron chi connectivity index (χ0n) is 16.2. The van der Waals surface area contributed by atoms with Crippen molar-refractivity contribution in [1.82, 2.24) is 9.80 Å². The Morgan fingerprint density at radius 2 is 1.57 bits per heavy atom. The predicted octanol–water partition coefficient (Wildman–Crippen LogP) is 2.72. The molecule has 2 fully saturated rings. The minimum Gasteiger partial charge on any atom is -0.492 e. The van der Waals surface area contributed by atoms with Gasteiger partial charge in [0.05, 0.1) is 18.1 Å². The third kappa shape index (κ3) is 4.05. The predicted molar refractivity (Wildman–Crippen MR) is 108 cm³/mol. The molecule has 1 unspecified atom stereocenters. The molecule has 0 aromatic heterocycles. The van der Waals surface area contributed by atoms with E-state index in [0.29, 0.717) is 19.7 Å². The number of benzene rings is 2. The van der Waals surface area contributed by atoms with Gasteiger partial charge in [0.1, 0.15) is 12.4 Å². The number of para-hydroxylation sites is 1. The van der Waals surface area contributed by atoms with Gasteiger partial charge < -0.3 is 14.7 Å². The van der Waals surface area contributed by atoms with E-state index in [-0.39, 0.29) is 18.6 Å². The van der Waals surface area contributed by atoms with Crippen LogP contribution in [0.15, 0.2) is 60.7 Å². The first-order valence-corrected chi connectivity index (χ1v) is 10.1. The molecule has 2 aromatic rings. The van der Waals surface area contributed by atoms with E-state index in [1.807, 2.05) is 41.3 Å². The van der Waals surface area contributed by atoms with E-state index in [0.717, 1.165) is 31.7 Å². The van der Waals surface area contributed by atoms with Gasteiger partial charge in [0, 0.05) is 26.2 Å². The summed E-state index contributed by atoms with van der Waals surface area (Å²) >= 11 is 0. The van der Waals surface area contributed by atoms with Gasteiger partial charge in [0.25, 0.3) is 0 Å². The minimum absolute atomic E-state index is 0.0242. The summed E-state index contributed by atoms with van der Waals surface area (Å²) in [5, 5.41) is 9.55. The van der Waals surface area contributed by atoms with Crippen LogP contribution in [0.1, 0.15) is 24.4 Å². The first kappa shape index (κ1) is 19.0. The number of aliphatic hydroxyl groups excluding tert-OH is 1. The Labute approximate surface area is 166 Å². The van der Waals surface area contributed by atoms with Crippen LogP contribution in [0.25, 0.3) is 0 Å². The van der Waals surface area contributed by atoms with Crippen molar-refractivity contribution in [2.45, 2.75) is 18.9 Å². The van der Waals surface area contributed by atoms with Crippen molar-refractivity contribution in [3.05, 3.63) is 66.2 Å².